The third kappa shape index (κ3) is 4.47. The number of aryl methyl sites for hydroxylation is 2. The number of ether oxygens (including phenoxy) is 1. The fraction of sp³-hybridized carbons (Fsp3) is 0.459. The van der Waals surface area contributed by atoms with Crippen LogP contribution in [0.4, 0.5) is 16.2 Å². The van der Waals surface area contributed by atoms with Crippen LogP contribution in [0.1, 0.15) is 97.5 Å². The van der Waals surface area contributed by atoms with Gasteiger partial charge in [0.25, 0.3) is 5.91 Å². The van der Waals surface area contributed by atoms with Crippen molar-refractivity contribution in [3.05, 3.63) is 81.9 Å². The lowest BCUT2D eigenvalue weighted by Gasteiger charge is -2.51. The molecule has 0 aromatic heterocycles. The van der Waals surface area contributed by atoms with E-state index in [0.717, 1.165) is 91.1 Å². The van der Waals surface area contributed by atoms with Crippen molar-refractivity contribution in [1.82, 2.24) is 10.0 Å². The van der Waals surface area contributed by atoms with E-state index in [0.29, 0.717) is 17.1 Å². The third-order valence-electron chi connectivity index (χ3n) is 10.1. The van der Waals surface area contributed by atoms with E-state index in [1.807, 2.05) is 45.0 Å². The first-order valence-electron chi connectivity index (χ1n) is 16.5. The molecule has 4 heterocycles. The zero-order chi connectivity index (χ0) is 31.7. The van der Waals surface area contributed by atoms with Crippen LogP contribution in [0.5, 0.6) is 11.5 Å². The summed E-state index contributed by atoms with van der Waals surface area (Å²) in [5.41, 5.74) is 5.10. The average molecular weight is 609 g/mol. The van der Waals surface area contributed by atoms with Crippen LogP contribution in [0, 0.1) is 13.8 Å². The fourth-order valence-corrected chi connectivity index (χ4v) is 8.10. The molecule has 0 unspecified atom stereocenters. The minimum Gasteiger partial charge on any atom is -0.464 e. The number of rotatable bonds is 3. The van der Waals surface area contributed by atoms with E-state index < -0.39 is 17.2 Å². The van der Waals surface area contributed by atoms with Crippen molar-refractivity contribution in [3.63, 3.8) is 0 Å². The summed E-state index contributed by atoms with van der Waals surface area (Å²) >= 11 is 0. The van der Waals surface area contributed by atoms with Crippen LogP contribution in [0.25, 0.3) is 0 Å². The molecule has 8 heteroatoms. The molecule has 0 aliphatic carbocycles. The van der Waals surface area contributed by atoms with Crippen molar-refractivity contribution in [2.75, 3.05) is 36.0 Å². The Bertz CT molecular complexity index is 1610. The van der Waals surface area contributed by atoms with E-state index in [4.69, 9.17) is 4.74 Å². The molecule has 2 amide bonds. The summed E-state index contributed by atoms with van der Waals surface area (Å²) in [6.45, 7) is 13.7. The van der Waals surface area contributed by atoms with Gasteiger partial charge < -0.3 is 19.6 Å². The lowest BCUT2D eigenvalue weighted by molar-refractivity contribution is -0.0783. The van der Waals surface area contributed by atoms with Gasteiger partial charge in [0.05, 0.1) is 5.54 Å². The summed E-state index contributed by atoms with van der Waals surface area (Å²) in [5.74, 6) is 0.990. The molecule has 7 rings (SSSR count). The third-order valence-corrected chi connectivity index (χ3v) is 10.1. The number of carboxylic acid groups (broad SMARTS) is 1. The fourth-order valence-electron chi connectivity index (χ4n) is 8.10. The summed E-state index contributed by atoms with van der Waals surface area (Å²) in [6.07, 6.45) is 5.89. The summed E-state index contributed by atoms with van der Waals surface area (Å²) in [5, 5.41) is 13.5. The molecule has 8 nitrogen and oxygen atoms in total. The molecule has 0 bridgehead atoms. The maximum Gasteiger partial charge on any atom is 0.426 e. The van der Waals surface area contributed by atoms with E-state index in [1.165, 1.54) is 22.9 Å². The van der Waals surface area contributed by atoms with Crippen molar-refractivity contribution >= 4 is 23.4 Å². The molecular formula is C37H44N4O4. The Labute approximate surface area is 266 Å². The highest BCUT2D eigenvalue weighted by atomic mass is 16.5. The first kappa shape index (κ1) is 29.5. The number of fused-ring (bicyclic) bond motifs is 6. The summed E-state index contributed by atoms with van der Waals surface area (Å²) in [6, 6.07) is 16.1. The van der Waals surface area contributed by atoms with E-state index in [1.54, 1.807) is 0 Å². The smallest absolute Gasteiger partial charge is 0.426 e. The van der Waals surface area contributed by atoms with Gasteiger partial charge in [0, 0.05) is 71.9 Å². The number of piperidine rings is 2. The van der Waals surface area contributed by atoms with Crippen LogP contribution in [-0.2, 0) is 5.54 Å². The molecule has 4 aliphatic heterocycles. The predicted molar refractivity (Wildman–Crippen MR) is 177 cm³/mol. The molecular weight excluding hydrogens is 564 g/mol. The standard InChI is InChI=1S/C37H44N4O4/c1-24-20-28-32(22-30(24)38-16-10-6-11-17-38)45-33-23-31(39-18-12-7-13-19-39)25(2)21-29(33)37(28)27-15-9-8-14-26(27)34(42)40(37)41(35(43)44)36(3,4)5/h8-9,14-15,20-23H,6-7,10-13,16-19H2,1-5H3,(H,43,44). The highest BCUT2D eigenvalue weighted by Gasteiger charge is 2.61. The van der Waals surface area contributed by atoms with Crippen LogP contribution in [-0.4, -0.2) is 58.8 Å². The van der Waals surface area contributed by atoms with Crippen molar-refractivity contribution in [2.24, 2.45) is 0 Å². The Morgan fingerprint density at radius 3 is 1.73 bits per heavy atom. The second-order valence-electron chi connectivity index (χ2n) is 14.1. The number of carbonyl (C=O) groups is 2. The first-order valence-corrected chi connectivity index (χ1v) is 16.5. The van der Waals surface area contributed by atoms with Gasteiger partial charge in [0.15, 0.2) is 0 Å². The Morgan fingerprint density at radius 1 is 0.778 bits per heavy atom. The Morgan fingerprint density at radius 2 is 1.27 bits per heavy atom. The van der Waals surface area contributed by atoms with Gasteiger partial charge in [-0.05, 0) is 102 Å². The number of hydrogen-bond acceptors (Lipinski definition) is 5. The van der Waals surface area contributed by atoms with Crippen LogP contribution in [0.2, 0.25) is 0 Å². The molecule has 4 aliphatic rings. The molecule has 0 radical (unpaired) electrons. The van der Waals surface area contributed by atoms with E-state index in [2.05, 4.69) is 47.9 Å². The maximum absolute atomic E-state index is 14.6. The highest BCUT2D eigenvalue weighted by Crippen LogP contribution is 2.60. The molecule has 2 fully saturated rings. The van der Waals surface area contributed by atoms with Crippen molar-refractivity contribution in [2.45, 2.75) is 84.2 Å². The van der Waals surface area contributed by atoms with Gasteiger partial charge >= 0.3 is 6.09 Å². The number of hydrogen-bond donors (Lipinski definition) is 1. The highest BCUT2D eigenvalue weighted by molar-refractivity contribution is 6.03. The number of nitrogens with zero attached hydrogens (tertiary/aromatic N) is 4. The van der Waals surface area contributed by atoms with Crippen LogP contribution >= 0.6 is 0 Å². The first-order chi connectivity index (χ1) is 21.5. The lowest BCUT2D eigenvalue weighted by Crippen LogP contribution is -2.63. The molecule has 45 heavy (non-hydrogen) atoms. The molecule has 3 aromatic rings. The monoisotopic (exact) mass is 608 g/mol. The maximum atomic E-state index is 14.6. The number of benzene rings is 3. The van der Waals surface area contributed by atoms with Gasteiger partial charge in [-0.15, -0.1) is 0 Å². The topological polar surface area (TPSA) is 76.6 Å². The zero-order valence-electron chi connectivity index (χ0n) is 27.2. The van der Waals surface area contributed by atoms with E-state index in [9.17, 15) is 14.7 Å². The molecule has 2 saturated heterocycles. The van der Waals surface area contributed by atoms with Gasteiger partial charge in [0.1, 0.15) is 17.0 Å². The predicted octanol–water partition coefficient (Wildman–Crippen LogP) is 7.83. The molecule has 3 aromatic carbocycles. The second kappa shape index (κ2) is 10.7. The van der Waals surface area contributed by atoms with Gasteiger partial charge in [0.2, 0.25) is 0 Å². The molecule has 0 atom stereocenters. The van der Waals surface area contributed by atoms with Gasteiger partial charge in [-0.3, -0.25) is 4.79 Å². The summed E-state index contributed by atoms with van der Waals surface area (Å²) < 4.78 is 6.90. The van der Waals surface area contributed by atoms with Crippen molar-refractivity contribution in [3.8, 4) is 11.5 Å². The number of anilines is 2. The Balaban J connectivity index is 1.56. The normalized spacial score (nSPS) is 18.8. The summed E-state index contributed by atoms with van der Waals surface area (Å²) in [4.78, 5) is 32.7. The van der Waals surface area contributed by atoms with Gasteiger partial charge in [-0.2, -0.15) is 0 Å². The van der Waals surface area contributed by atoms with Crippen LogP contribution in [0.3, 0.4) is 0 Å². The molecule has 1 N–H and O–H groups in total. The lowest BCUT2D eigenvalue weighted by atomic mass is 9.74. The molecule has 0 saturated carbocycles. The van der Waals surface area contributed by atoms with Crippen molar-refractivity contribution < 1.29 is 19.4 Å². The van der Waals surface area contributed by atoms with Gasteiger partial charge in [-0.25, -0.2) is 14.8 Å². The van der Waals surface area contributed by atoms with Crippen LogP contribution < -0.4 is 14.5 Å². The quantitative estimate of drug-likeness (QED) is 0.327. The van der Waals surface area contributed by atoms with E-state index in [-0.39, 0.29) is 5.91 Å². The van der Waals surface area contributed by atoms with Gasteiger partial charge in [-0.1, -0.05) is 18.2 Å². The number of amides is 2. The molecule has 236 valence electrons. The second-order valence-corrected chi connectivity index (χ2v) is 14.1. The molecule has 1 spiro atoms. The Hall–Kier alpha value is -4.20. The largest absolute Gasteiger partial charge is 0.464 e. The minimum atomic E-state index is -1.25. The van der Waals surface area contributed by atoms with E-state index >= 15 is 0 Å². The Kier molecular flexibility index (Phi) is 7.02. The summed E-state index contributed by atoms with van der Waals surface area (Å²) in [7, 11) is 0. The average Bonchev–Trinajstić information content (AvgIpc) is 3.26. The SMILES string of the molecule is Cc1cc2c(cc1N1CCCCC1)Oc1cc(N3CCCCC3)c(C)cc1C21c2ccccc2C(=O)N1N(C(=O)O)C(C)(C)C. The minimum absolute atomic E-state index is 0.336. The number of hydrazine groups is 1. The number of carbonyl (C=O) groups excluding carboxylic acids is 1. The van der Waals surface area contributed by atoms with Crippen molar-refractivity contribution in [1.29, 1.82) is 0 Å². The zero-order valence-corrected chi connectivity index (χ0v) is 27.2. The van der Waals surface area contributed by atoms with Crippen LogP contribution in [0.15, 0.2) is 48.5 Å².